The van der Waals surface area contributed by atoms with Crippen LogP contribution in [0.25, 0.3) is 17.1 Å². The average molecular weight is 308 g/mol. The molecular weight excluding hydrogens is 292 g/mol. The smallest absolute Gasteiger partial charge is 0.241 e. The van der Waals surface area contributed by atoms with Crippen molar-refractivity contribution in [1.29, 1.82) is 0 Å². The molecule has 0 spiro atoms. The van der Waals surface area contributed by atoms with Crippen molar-refractivity contribution in [2.45, 2.75) is 6.42 Å². The molecule has 6 nitrogen and oxygen atoms in total. The molecule has 2 aromatic heterocycles. The van der Waals surface area contributed by atoms with E-state index in [1.54, 1.807) is 12.3 Å². The second kappa shape index (κ2) is 6.74. The fraction of sp³-hybridized carbons (Fsp3) is 0.118. The van der Waals surface area contributed by atoms with Crippen molar-refractivity contribution in [1.82, 2.24) is 15.0 Å². The molecule has 3 aromatic rings. The number of rotatable bonds is 6. The molecule has 0 unspecified atom stereocenters. The van der Waals surface area contributed by atoms with Gasteiger partial charge in [-0.2, -0.15) is 0 Å². The lowest BCUT2D eigenvalue weighted by molar-refractivity contribution is -0.113. The summed E-state index contributed by atoms with van der Waals surface area (Å²) < 4.78 is 5.81. The lowest BCUT2D eigenvalue weighted by Crippen LogP contribution is -2.05. The highest BCUT2D eigenvalue weighted by Crippen LogP contribution is 2.26. The van der Waals surface area contributed by atoms with Crippen LogP contribution in [0.1, 0.15) is 11.1 Å². The van der Waals surface area contributed by atoms with Gasteiger partial charge in [0.2, 0.25) is 11.8 Å². The van der Waals surface area contributed by atoms with Crippen molar-refractivity contribution in [2.24, 2.45) is 5.73 Å². The first kappa shape index (κ1) is 14.8. The molecule has 0 aliphatic carbocycles. The van der Waals surface area contributed by atoms with Crippen LogP contribution in [0.3, 0.4) is 0 Å². The maximum absolute atomic E-state index is 10.9. The number of H-pyrrole nitrogens is 1. The summed E-state index contributed by atoms with van der Waals surface area (Å²) in [5.74, 6) is -0.0287. The van der Waals surface area contributed by atoms with Gasteiger partial charge in [0, 0.05) is 24.3 Å². The number of nitrogens with one attached hydrogen (secondary N) is 1. The summed E-state index contributed by atoms with van der Waals surface area (Å²) in [5, 5.41) is 0.734. The van der Waals surface area contributed by atoms with Gasteiger partial charge in [-0.15, -0.1) is 0 Å². The third-order valence-electron chi connectivity index (χ3n) is 3.37. The molecule has 0 aliphatic heterocycles. The van der Waals surface area contributed by atoms with Crippen molar-refractivity contribution in [3.63, 3.8) is 0 Å². The highest BCUT2D eigenvalue weighted by molar-refractivity contribution is 5.96. The van der Waals surface area contributed by atoms with Crippen LogP contribution in [0.2, 0.25) is 0 Å². The Balaban J connectivity index is 1.80. The quantitative estimate of drug-likeness (QED) is 0.682. The van der Waals surface area contributed by atoms with E-state index < -0.39 is 5.91 Å². The maximum Gasteiger partial charge on any atom is 0.241 e. The second-order valence-electron chi connectivity index (χ2n) is 4.97. The minimum atomic E-state index is -0.511. The molecule has 0 radical (unpaired) electrons. The number of aromatic amines is 1. The number of carbonyl (C=O) groups is 1. The van der Waals surface area contributed by atoms with E-state index in [2.05, 4.69) is 27.1 Å². The number of nitrogens with two attached hydrogens (primary N) is 1. The van der Waals surface area contributed by atoms with E-state index in [0.717, 1.165) is 17.4 Å². The summed E-state index contributed by atoms with van der Waals surface area (Å²) in [6, 6.07) is 10.1. The molecule has 2 heterocycles. The SMILES string of the molecule is NC(=O)/C=C/c1c[nH]c2ncnc(OCCc3ccccc3)c12. The van der Waals surface area contributed by atoms with Crippen molar-refractivity contribution < 1.29 is 9.53 Å². The highest BCUT2D eigenvalue weighted by Gasteiger charge is 2.10. The standard InChI is InChI=1S/C17H16N4O2/c18-14(22)7-6-13-10-19-16-15(13)17(21-11-20-16)23-9-8-12-4-2-1-3-5-12/h1-7,10-11H,8-9H2,(H2,18,22)(H,19,20,21)/b7-6+. The largest absolute Gasteiger partial charge is 0.477 e. The van der Waals surface area contributed by atoms with Crippen molar-refractivity contribution in [3.8, 4) is 5.88 Å². The first-order valence-corrected chi connectivity index (χ1v) is 7.20. The lowest BCUT2D eigenvalue weighted by atomic mass is 10.2. The third kappa shape index (κ3) is 3.55. The van der Waals surface area contributed by atoms with Gasteiger partial charge in [-0.05, 0) is 11.6 Å². The molecule has 3 rings (SSSR count). The summed E-state index contributed by atoms with van der Waals surface area (Å²) in [6.07, 6.45) is 6.88. The van der Waals surface area contributed by atoms with Gasteiger partial charge >= 0.3 is 0 Å². The normalized spacial score (nSPS) is 11.1. The number of amides is 1. The van der Waals surface area contributed by atoms with E-state index >= 15 is 0 Å². The number of benzene rings is 1. The molecule has 0 saturated heterocycles. The number of carbonyl (C=O) groups excluding carboxylic acids is 1. The third-order valence-corrected chi connectivity index (χ3v) is 3.37. The van der Waals surface area contributed by atoms with Crippen molar-refractivity contribution in [2.75, 3.05) is 6.61 Å². The molecule has 0 saturated carbocycles. The van der Waals surface area contributed by atoms with E-state index in [-0.39, 0.29) is 0 Å². The lowest BCUT2D eigenvalue weighted by Gasteiger charge is -2.06. The zero-order valence-corrected chi connectivity index (χ0v) is 12.4. The Morgan fingerprint density at radius 3 is 2.87 bits per heavy atom. The summed E-state index contributed by atoms with van der Waals surface area (Å²) in [5.41, 5.74) is 7.74. The fourth-order valence-electron chi connectivity index (χ4n) is 2.28. The molecule has 23 heavy (non-hydrogen) atoms. The van der Waals surface area contributed by atoms with Gasteiger partial charge in [0.25, 0.3) is 0 Å². The first-order chi connectivity index (χ1) is 11.2. The molecule has 0 fully saturated rings. The van der Waals surface area contributed by atoms with Crippen LogP contribution in [0, 0.1) is 0 Å². The van der Waals surface area contributed by atoms with Crippen molar-refractivity contribution in [3.05, 3.63) is 60.1 Å². The number of nitrogens with zero attached hydrogens (tertiary/aromatic N) is 2. The molecule has 1 aromatic carbocycles. The van der Waals surface area contributed by atoms with Gasteiger partial charge in [0.1, 0.15) is 12.0 Å². The number of hydrogen-bond acceptors (Lipinski definition) is 4. The van der Waals surface area contributed by atoms with Crippen LogP contribution in [-0.4, -0.2) is 27.5 Å². The number of fused-ring (bicyclic) bond motifs is 1. The Hall–Kier alpha value is -3.15. The number of aromatic nitrogens is 3. The highest BCUT2D eigenvalue weighted by atomic mass is 16.5. The minimum absolute atomic E-state index is 0.483. The number of hydrogen-bond donors (Lipinski definition) is 2. The first-order valence-electron chi connectivity index (χ1n) is 7.20. The van der Waals surface area contributed by atoms with E-state index in [0.29, 0.717) is 18.1 Å². The van der Waals surface area contributed by atoms with Crippen LogP contribution in [0.5, 0.6) is 5.88 Å². The van der Waals surface area contributed by atoms with E-state index in [4.69, 9.17) is 10.5 Å². The second-order valence-corrected chi connectivity index (χ2v) is 4.97. The Morgan fingerprint density at radius 2 is 2.09 bits per heavy atom. The van der Waals surface area contributed by atoms with Gasteiger partial charge in [-0.25, -0.2) is 9.97 Å². The topological polar surface area (TPSA) is 93.9 Å². The molecule has 0 bridgehead atoms. The summed E-state index contributed by atoms with van der Waals surface area (Å²) >= 11 is 0. The summed E-state index contributed by atoms with van der Waals surface area (Å²) in [4.78, 5) is 22.3. The predicted molar refractivity (Wildman–Crippen MR) is 87.8 cm³/mol. The molecule has 6 heteroatoms. The van der Waals surface area contributed by atoms with Gasteiger partial charge in [0.15, 0.2) is 0 Å². The molecule has 0 atom stereocenters. The van der Waals surface area contributed by atoms with Crippen LogP contribution in [0.15, 0.2) is 48.9 Å². The van der Waals surface area contributed by atoms with E-state index in [1.807, 2.05) is 18.2 Å². The maximum atomic E-state index is 10.9. The Labute approximate surface area is 133 Å². The molecular formula is C17H16N4O2. The van der Waals surface area contributed by atoms with Crippen LogP contribution in [0.4, 0.5) is 0 Å². The number of ether oxygens (including phenoxy) is 1. The Bertz CT molecular complexity index is 840. The Morgan fingerprint density at radius 1 is 1.26 bits per heavy atom. The van der Waals surface area contributed by atoms with Crippen LogP contribution < -0.4 is 10.5 Å². The van der Waals surface area contributed by atoms with Gasteiger partial charge in [-0.1, -0.05) is 30.3 Å². The fourth-order valence-corrected chi connectivity index (χ4v) is 2.28. The van der Waals surface area contributed by atoms with Gasteiger partial charge in [0.05, 0.1) is 12.0 Å². The number of primary amides is 1. The van der Waals surface area contributed by atoms with Crippen LogP contribution >= 0.6 is 0 Å². The van der Waals surface area contributed by atoms with Gasteiger partial charge in [-0.3, -0.25) is 4.79 Å². The van der Waals surface area contributed by atoms with Crippen LogP contribution in [-0.2, 0) is 11.2 Å². The summed E-state index contributed by atoms with van der Waals surface area (Å²) in [6.45, 7) is 0.500. The summed E-state index contributed by atoms with van der Waals surface area (Å²) in [7, 11) is 0. The van der Waals surface area contributed by atoms with E-state index in [9.17, 15) is 4.79 Å². The molecule has 0 aliphatic rings. The van der Waals surface area contributed by atoms with Gasteiger partial charge < -0.3 is 15.5 Å². The zero-order chi connectivity index (χ0) is 16.1. The zero-order valence-electron chi connectivity index (χ0n) is 12.4. The average Bonchev–Trinajstić information content (AvgIpc) is 2.98. The predicted octanol–water partition coefficient (Wildman–Crippen LogP) is 2.08. The molecule has 116 valence electrons. The molecule has 3 N–H and O–H groups in total. The minimum Gasteiger partial charge on any atom is -0.477 e. The molecule has 1 amide bonds. The van der Waals surface area contributed by atoms with E-state index in [1.165, 1.54) is 18.0 Å². The van der Waals surface area contributed by atoms with Crippen molar-refractivity contribution >= 4 is 23.0 Å². The Kier molecular flexibility index (Phi) is 4.33. The monoisotopic (exact) mass is 308 g/mol.